The van der Waals surface area contributed by atoms with Crippen molar-refractivity contribution in [1.29, 1.82) is 0 Å². The summed E-state index contributed by atoms with van der Waals surface area (Å²) in [6.07, 6.45) is 2.40. The molecule has 0 saturated carbocycles. The van der Waals surface area contributed by atoms with Crippen molar-refractivity contribution in [1.82, 2.24) is 16.0 Å². The molecule has 0 heterocycles. The van der Waals surface area contributed by atoms with E-state index in [1.165, 1.54) is 18.4 Å². The molecule has 0 fully saturated rings. The topological polar surface area (TPSA) is 36.1 Å². The molecule has 0 aliphatic carbocycles. The van der Waals surface area contributed by atoms with Crippen LogP contribution in [-0.4, -0.2) is 32.7 Å². The lowest BCUT2D eigenvalue weighted by Gasteiger charge is -2.08. The monoisotopic (exact) mass is 277 g/mol. The molecule has 3 heteroatoms. The van der Waals surface area contributed by atoms with Gasteiger partial charge in [-0.05, 0) is 57.0 Å². The maximum Gasteiger partial charge on any atom is 0.0205 e. The molecule has 0 aliphatic heterocycles. The Bertz CT molecular complexity index is 311. The first-order valence-corrected chi connectivity index (χ1v) is 7.95. The van der Waals surface area contributed by atoms with Gasteiger partial charge in [0, 0.05) is 6.54 Å². The molecule has 0 aliphatic rings. The highest BCUT2D eigenvalue weighted by molar-refractivity contribution is 5.14. The fraction of sp³-hybridized carbons (Fsp3) is 0.647. The third-order valence-electron chi connectivity index (χ3n) is 3.14. The number of hydrogen-bond acceptors (Lipinski definition) is 3. The van der Waals surface area contributed by atoms with Crippen molar-refractivity contribution in [3.05, 3.63) is 35.9 Å². The summed E-state index contributed by atoms with van der Waals surface area (Å²) in [5.41, 5.74) is 1.36. The van der Waals surface area contributed by atoms with Crippen LogP contribution in [0.5, 0.6) is 0 Å². The van der Waals surface area contributed by atoms with E-state index in [0.717, 1.165) is 45.2 Å². The lowest BCUT2D eigenvalue weighted by atomic mass is 10.2. The van der Waals surface area contributed by atoms with E-state index in [9.17, 15) is 0 Å². The average molecular weight is 277 g/mol. The van der Waals surface area contributed by atoms with Gasteiger partial charge >= 0.3 is 0 Å². The van der Waals surface area contributed by atoms with E-state index in [-0.39, 0.29) is 0 Å². The highest BCUT2D eigenvalue weighted by Crippen LogP contribution is 1.96. The average Bonchev–Trinajstić information content (AvgIpc) is 2.45. The molecule has 1 rings (SSSR count). The Morgan fingerprint density at radius 1 is 0.800 bits per heavy atom. The fourth-order valence-corrected chi connectivity index (χ4v) is 2.02. The summed E-state index contributed by atoms with van der Waals surface area (Å²) in [5, 5.41) is 10.4. The van der Waals surface area contributed by atoms with Crippen LogP contribution < -0.4 is 16.0 Å². The van der Waals surface area contributed by atoms with Crippen LogP contribution in [-0.2, 0) is 6.54 Å². The molecule has 0 bridgehead atoms. The second-order valence-electron chi connectivity index (χ2n) is 5.72. The lowest BCUT2D eigenvalue weighted by molar-refractivity contribution is 0.525. The van der Waals surface area contributed by atoms with Crippen LogP contribution in [0.25, 0.3) is 0 Å². The molecule has 0 spiro atoms. The van der Waals surface area contributed by atoms with Gasteiger partial charge in [-0.15, -0.1) is 0 Å². The highest BCUT2D eigenvalue weighted by atomic mass is 14.9. The summed E-state index contributed by atoms with van der Waals surface area (Å²) in [4.78, 5) is 0. The molecule has 3 N–H and O–H groups in total. The predicted molar refractivity (Wildman–Crippen MR) is 88.0 cm³/mol. The lowest BCUT2D eigenvalue weighted by Crippen LogP contribution is -2.26. The van der Waals surface area contributed by atoms with Gasteiger partial charge < -0.3 is 16.0 Å². The van der Waals surface area contributed by atoms with Gasteiger partial charge in [-0.2, -0.15) is 0 Å². The van der Waals surface area contributed by atoms with Gasteiger partial charge in [-0.3, -0.25) is 0 Å². The zero-order valence-corrected chi connectivity index (χ0v) is 13.1. The first-order valence-electron chi connectivity index (χ1n) is 7.95. The van der Waals surface area contributed by atoms with Crippen molar-refractivity contribution in [3.8, 4) is 0 Å². The largest absolute Gasteiger partial charge is 0.317 e. The molecule has 1 aromatic rings. The smallest absolute Gasteiger partial charge is 0.0205 e. The Balaban J connectivity index is 1.79. The Morgan fingerprint density at radius 3 is 2.05 bits per heavy atom. The molecule has 0 radical (unpaired) electrons. The maximum atomic E-state index is 3.49. The summed E-state index contributed by atoms with van der Waals surface area (Å²) in [6.45, 7) is 11.0. The minimum atomic E-state index is 0.749. The van der Waals surface area contributed by atoms with Crippen LogP contribution in [0, 0.1) is 5.92 Å². The minimum absolute atomic E-state index is 0.749. The molecule has 0 aromatic heterocycles. The van der Waals surface area contributed by atoms with Gasteiger partial charge in [0.2, 0.25) is 0 Å². The SMILES string of the molecule is CC(C)CNCCCNCCCNCc1ccccc1. The first-order chi connectivity index (χ1) is 9.79. The Kier molecular flexibility index (Phi) is 10.2. The molecule has 0 saturated heterocycles. The molecule has 1 aromatic carbocycles. The van der Waals surface area contributed by atoms with Crippen molar-refractivity contribution in [3.63, 3.8) is 0 Å². The second-order valence-corrected chi connectivity index (χ2v) is 5.72. The van der Waals surface area contributed by atoms with Crippen molar-refractivity contribution in [2.75, 3.05) is 32.7 Å². The zero-order chi connectivity index (χ0) is 14.5. The maximum absolute atomic E-state index is 3.49. The first kappa shape index (κ1) is 17.2. The second kappa shape index (κ2) is 11.9. The molecule has 0 amide bonds. The molecule has 0 unspecified atom stereocenters. The number of rotatable bonds is 12. The number of nitrogens with one attached hydrogen (secondary N) is 3. The number of benzene rings is 1. The standard InChI is InChI=1S/C17H31N3/c1-16(2)14-19-12-6-10-18-11-7-13-20-15-17-8-4-3-5-9-17/h3-5,8-9,16,18-20H,6-7,10-15H2,1-2H3. The fourth-order valence-electron chi connectivity index (χ4n) is 2.02. The van der Waals surface area contributed by atoms with Crippen LogP contribution in [0.2, 0.25) is 0 Å². The van der Waals surface area contributed by atoms with Gasteiger partial charge in [0.05, 0.1) is 0 Å². The van der Waals surface area contributed by atoms with Crippen LogP contribution in [0.3, 0.4) is 0 Å². The summed E-state index contributed by atoms with van der Waals surface area (Å²) in [7, 11) is 0. The van der Waals surface area contributed by atoms with E-state index in [2.05, 4.69) is 60.1 Å². The van der Waals surface area contributed by atoms with E-state index in [0.29, 0.717) is 0 Å². The molecular formula is C17H31N3. The van der Waals surface area contributed by atoms with E-state index >= 15 is 0 Å². The third kappa shape index (κ3) is 9.96. The van der Waals surface area contributed by atoms with Crippen LogP contribution in [0.15, 0.2) is 30.3 Å². The van der Waals surface area contributed by atoms with Gasteiger partial charge in [-0.1, -0.05) is 44.2 Å². The van der Waals surface area contributed by atoms with Gasteiger partial charge in [-0.25, -0.2) is 0 Å². The van der Waals surface area contributed by atoms with Crippen molar-refractivity contribution < 1.29 is 0 Å². The van der Waals surface area contributed by atoms with E-state index in [1.54, 1.807) is 0 Å². The molecule has 3 nitrogen and oxygen atoms in total. The van der Waals surface area contributed by atoms with Crippen LogP contribution in [0.1, 0.15) is 32.3 Å². The molecule has 114 valence electrons. The minimum Gasteiger partial charge on any atom is -0.317 e. The molecule has 0 atom stereocenters. The molecular weight excluding hydrogens is 246 g/mol. The Hall–Kier alpha value is -0.900. The summed E-state index contributed by atoms with van der Waals surface area (Å²) >= 11 is 0. The highest BCUT2D eigenvalue weighted by Gasteiger charge is 1.93. The number of hydrogen-bond donors (Lipinski definition) is 3. The van der Waals surface area contributed by atoms with E-state index in [1.807, 2.05) is 0 Å². The van der Waals surface area contributed by atoms with Crippen molar-refractivity contribution in [2.24, 2.45) is 5.92 Å². The van der Waals surface area contributed by atoms with Crippen molar-refractivity contribution >= 4 is 0 Å². The van der Waals surface area contributed by atoms with Crippen molar-refractivity contribution in [2.45, 2.75) is 33.2 Å². The Labute approximate surface area is 124 Å². The summed E-state index contributed by atoms with van der Waals surface area (Å²) in [6, 6.07) is 10.6. The third-order valence-corrected chi connectivity index (χ3v) is 3.14. The van der Waals surface area contributed by atoms with Gasteiger partial charge in [0.15, 0.2) is 0 Å². The van der Waals surface area contributed by atoms with Crippen LogP contribution in [0.4, 0.5) is 0 Å². The summed E-state index contributed by atoms with van der Waals surface area (Å²) < 4.78 is 0. The zero-order valence-electron chi connectivity index (χ0n) is 13.1. The summed E-state index contributed by atoms with van der Waals surface area (Å²) in [5.74, 6) is 0.749. The Morgan fingerprint density at radius 2 is 1.40 bits per heavy atom. The van der Waals surface area contributed by atoms with E-state index < -0.39 is 0 Å². The van der Waals surface area contributed by atoms with Gasteiger partial charge in [0.1, 0.15) is 0 Å². The van der Waals surface area contributed by atoms with Crippen LogP contribution >= 0.6 is 0 Å². The predicted octanol–water partition coefficient (Wildman–Crippen LogP) is 2.39. The van der Waals surface area contributed by atoms with E-state index in [4.69, 9.17) is 0 Å². The normalized spacial score (nSPS) is 11.2. The quantitative estimate of drug-likeness (QED) is 0.513. The molecule has 20 heavy (non-hydrogen) atoms. The van der Waals surface area contributed by atoms with Gasteiger partial charge in [0.25, 0.3) is 0 Å².